The zero-order valence-corrected chi connectivity index (χ0v) is 13.1. The van der Waals surface area contributed by atoms with Crippen LogP contribution in [0.1, 0.15) is 11.4 Å². The van der Waals surface area contributed by atoms with Crippen molar-refractivity contribution in [1.29, 1.82) is 0 Å². The Hall–Kier alpha value is -2.60. The van der Waals surface area contributed by atoms with Gasteiger partial charge in [0, 0.05) is 31.9 Å². The fourth-order valence-electron chi connectivity index (χ4n) is 2.31. The molecule has 0 aliphatic heterocycles. The van der Waals surface area contributed by atoms with Crippen LogP contribution in [0.15, 0.2) is 53.7 Å². The predicted octanol–water partition coefficient (Wildman–Crippen LogP) is 2.32. The van der Waals surface area contributed by atoms with Crippen LogP contribution >= 0.6 is 11.6 Å². The molecule has 0 unspecified atom stereocenters. The summed E-state index contributed by atoms with van der Waals surface area (Å²) in [5, 5.41) is 9.25. The van der Waals surface area contributed by atoms with E-state index < -0.39 is 5.56 Å². The number of H-pyrrole nitrogens is 1. The van der Waals surface area contributed by atoms with Crippen molar-refractivity contribution in [2.45, 2.75) is 13.0 Å². The smallest absolute Gasteiger partial charge is 0.285 e. The maximum absolute atomic E-state index is 11.4. The van der Waals surface area contributed by atoms with E-state index in [9.17, 15) is 4.79 Å². The predicted molar refractivity (Wildman–Crippen MR) is 89.8 cm³/mol. The number of anilines is 1. The van der Waals surface area contributed by atoms with Gasteiger partial charge in [-0.3, -0.25) is 4.79 Å². The van der Waals surface area contributed by atoms with Gasteiger partial charge in [0.2, 0.25) is 0 Å². The third kappa shape index (κ3) is 3.78. The average Bonchev–Trinajstić information content (AvgIpc) is 3.00. The minimum Gasteiger partial charge on any atom is -0.382 e. The quantitative estimate of drug-likeness (QED) is 0.727. The van der Waals surface area contributed by atoms with E-state index in [-0.39, 0.29) is 5.02 Å². The van der Waals surface area contributed by atoms with Crippen molar-refractivity contribution in [3.8, 4) is 0 Å². The highest BCUT2D eigenvalue weighted by atomic mass is 35.5. The summed E-state index contributed by atoms with van der Waals surface area (Å²) in [5.74, 6) is 0.968. The largest absolute Gasteiger partial charge is 0.382 e. The third-order valence-corrected chi connectivity index (χ3v) is 3.83. The van der Waals surface area contributed by atoms with Crippen LogP contribution in [0.5, 0.6) is 0 Å². The molecule has 0 spiro atoms. The summed E-state index contributed by atoms with van der Waals surface area (Å²) in [6.07, 6.45) is 5.97. The van der Waals surface area contributed by atoms with Gasteiger partial charge in [0.15, 0.2) is 0 Å². The Labute approximate surface area is 138 Å². The van der Waals surface area contributed by atoms with Crippen LogP contribution in [0, 0.1) is 0 Å². The monoisotopic (exact) mass is 329 g/mol. The molecular formula is C16H16ClN5O. The van der Waals surface area contributed by atoms with E-state index in [1.54, 1.807) is 6.20 Å². The third-order valence-electron chi connectivity index (χ3n) is 3.46. The molecule has 0 aliphatic carbocycles. The van der Waals surface area contributed by atoms with Gasteiger partial charge < -0.3 is 9.88 Å². The Morgan fingerprint density at radius 3 is 2.91 bits per heavy atom. The number of imidazole rings is 1. The van der Waals surface area contributed by atoms with E-state index in [4.69, 9.17) is 11.6 Å². The molecule has 2 N–H and O–H groups in total. The summed E-state index contributed by atoms with van der Waals surface area (Å²) < 4.78 is 2.11. The zero-order chi connectivity index (χ0) is 16.1. The molecule has 0 saturated heterocycles. The summed E-state index contributed by atoms with van der Waals surface area (Å²) in [7, 11) is 0. The van der Waals surface area contributed by atoms with Crippen LogP contribution in [0.4, 0.5) is 5.69 Å². The molecule has 23 heavy (non-hydrogen) atoms. The molecule has 6 nitrogen and oxygen atoms in total. The first-order valence-corrected chi connectivity index (χ1v) is 7.63. The Kier molecular flexibility index (Phi) is 4.73. The Morgan fingerprint density at radius 2 is 2.09 bits per heavy atom. The molecule has 0 fully saturated rings. The lowest BCUT2D eigenvalue weighted by Gasteiger charge is -2.10. The number of rotatable bonds is 6. The van der Waals surface area contributed by atoms with Gasteiger partial charge in [-0.15, -0.1) is 0 Å². The van der Waals surface area contributed by atoms with Gasteiger partial charge in [-0.1, -0.05) is 41.9 Å². The fraction of sp³-hybridized carbons (Fsp3) is 0.188. The highest BCUT2D eigenvalue weighted by Crippen LogP contribution is 2.14. The first kappa shape index (κ1) is 15.3. The number of nitrogens with one attached hydrogen (secondary N) is 2. The Balaban J connectivity index is 1.62. The molecule has 0 aliphatic rings. The van der Waals surface area contributed by atoms with Gasteiger partial charge in [-0.05, 0) is 5.56 Å². The van der Waals surface area contributed by atoms with Crippen LogP contribution in [-0.4, -0.2) is 26.3 Å². The number of halogens is 1. The molecule has 0 amide bonds. The first-order chi connectivity index (χ1) is 11.2. The van der Waals surface area contributed by atoms with Crippen molar-refractivity contribution < 1.29 is 0 Å². The summed E-state index contributed by atoms with van der Waals surface area (Å²) in [5.41, 5.74) is 1.35. The molecule has 2 aromatic heterocycles. The van der Waals surface area contributed by atoms with Crippen molar-refractivity contribution in [3.63, 3.8) is 0 Å². The van der Waals surface area contributed by atoms with Crippen LogP contribution in [-0.2, 0) is 13.0 Å². The molecule has 7 heteroatoms. The van der Waals surface area contributed by atoms with Crippen molar-refractivity contribution >= 4 is 17.3 Å². The standard InChI is InChI=1S/C16H16ClN5O/c17-15-13(10-20-21-16(15)23)18-7-6-14-19-8-9-22(14)11-12-4-2-1-3-5-12/h1-5,8-10H,6-7,11H2,(H2,18,21,23). The van der Waals surface area contributed by atoms with Crippen molar-refractivity contribution in [2.75, 3.05) is 11.9 Å². The van der Waals surface area contributed by atoms with E-state index in [0.717, 1.165) is 12.4 Å². The molecule has 1 aromatic carbocycles. The van der Waals surface area contributed by atoms with Gasteiger partial charge in [-0.2, -0.15) is 5.10 Å². The number of hydrogen-bond donors (Lipinski definition) is 2. The second-order valence-corrected chi connectivity index (χ2v) is 5.44. The van der Waals surface area contributed by atoms with Crippen molar-refractivity contribution in [1.82, 2.24) is 19.7 Å². The van der Waals surface area contributed by atoms with E-state index in [2.05, 4.69) is 37.2 Å². The molecule has 0 bridgehead atoms. The van der Waals surface area contributed by atoms with Gasteiger partial charge in [0.1, 0.15) is 10.8 Å². The van der Waals surface area contributed by atoms with Gasteiger partial charge >= 0.3 is 0 Å². The lowest BCUT2D eigenvalue weighted by atomic mass is 10.2. The normalized spacial score (nSPS) is 10.7. The maximum Gasteiger partial charge on any atom is 0.285 e. The van der Waals surface area contributed by atoms with Gasteiger partial charge in [0.25, 0.3) is 5.56 Å². The van der Waals surface area contributed by atoms with Crippen LogP contribution in [0.2, 0.25) is 5.02 Å². The second-order valence-electron chi connectivity index (χ2n) is 5.06. The molecular weight excluding hydrogens is 314 g/mol. The van der Waals surface area contributed by atoms with E-state index in [0.29, 0.717) is 18.7 Å². The lowest BCUT2D eigenvalue weighted by Crippen LogP contribution is -2.15. The highest BCUT2D eigenvalue weighted by Gasteiger charge is 2.06. The molecule has 0 atom stereocenters. The fourth-order valence-corrected chi connectivity index (χ4v) is 2.47. The molecule has 3 rings (SSSR count). The van der Waals surface area contributed by atoms with Crippen LogP contribution in [0.3, 0.4) is 0 Å². The van der Waals surface area contributed by atoms with Gasteiger partial charge in [-0.25, -0.2) is 10.1 Å². The SMILES string of the molecule is O=c1[nH]ncc(NCCc2nccn2Cc2ccccc2)c1Cl. The lowest BCUT2D eigenvalue weighted by molar-refractivity contribution is 0.722. The Morgan fingerprint density at radius 1 is 1.26 bits per heavy atom. The minimum atomic E-state index is -0.401. The number of nitrogens with zero attached hydrogens (tertiary/aromatic N) is 3. The van der Waals surface area contributed by atoms with Crippen molar-refractivity contribution in [2.24, 2.45) is 0 Å². The number of benzene rings is 1. The van der Waals surface area contributed by atoms with Gasteiger partial charge in [0.05, 0.1) is 11.9 Å². The Bertz CT molecular complexity index is 828. The van der Waals surface area contributed by atoms with Crippen LogP contribution in [0.25, 0.3) is 0 Å². The average molecular weight is 330 g/mol. The molecule has 0 radical (unpaired) electrons. The van der Waals surface area contributed by atoms with E-state index in [1.807, 2.05) is 24.4 Å². The number of aromatic nitrogens is 4. The summed E-state index contributed by atoms with van der Waals surface area (Å²) in [6.45, 7) is 1.39. The molecule has 118 valence electrons. The molecule has 0 saturated carbocycles. The van der Waals surface area contributed by atoms with Crippen LogP contribution < -0.4 is 10.9 Å². The summed E-state index contributed by atoms with van der Waals surface area (Å²) in [4.78, 5) is 15.8. The summed E-state index contributed by atoms with van der Waals surface area (Å²) >= 11 is 5.93. The highest BCUT2D eigenvalue weighted by molar-refractivity contribution is 6.32. The molecule has 2 heterocycles. The van der Waals surface area contributed by atoms with E-state index in [1.165, 1.54) is 11.8 Å². The number of aromatic amines is 1. The number of hydrogen-bond acceptors (Lipinski definition) is 4. The van der Waals surface area contributed by atoms with Crippen molar-refractivity contribution in [3.05, 3.63) is 75.7 Å². The maximum atomic E-state index is 11.4. The van der Waals surface area contributed by atoms with E-state index >= 15 is 0 Å². The minimum absolute atomic E-state index is 0.118. The summed E-state index contributed by atoms with van der Waals surface area (Å²) in [6, 6.07) is 10.2. The topological polar surface area (TPSA) is 75.6 Å². The molecule has 3 aromatic rings. The first-order valence-electron chi connectivity index (χ1n) is 7.25. The second kappa shape index (κ2) is 7.11. The zero-order valence-electron chi connectivity index (χ0n) is 12.4.